The van der Waals surface area contributed by atoms with Crippen molar-refractivity contribution in [2.75, 3.05) is 18.4 Å². The van der Waals surface area contributed by atoms with Crippen molar-refractivity contribution in [1.82, 2.24) is 10.6 Å². The molecule has 142 valence electrons. The zero-order valence-electron chi connectivity index (χ0n) is 14.2. The molecule has 2 aromatic carbocycles. The zero-order chi connectivity index (χ0) is 20.0. The van der Waals surface area contributed by atoms with Crippen LogP contribution in [0.2, 0.25) is 10.0 Å². The molecular weight excluding hydrogens is 395 g/mol. The summed E-state index contributed by atoms with van der Waals surface area (Å²) in [5.74, 6) is -0.356. The molecule has 0 bridgehead atoms. The Labute approximate surface area is 165 Å². The predicted molar refractivity (Wildman–Crippen MR) is 104 cm³/mol. The summed E-state index contributed by atoms with van der Waals surface area (Å²) in [7, 11) is 0. The quantitative estimate of drug-likeness (QED) is 0.382. The molecule has 0 atom stereocenters. The number of carbonyl (C=O) groups excluding carboxylic acids is 2. The number of halogens is 2. The van der Waals surface area contributed by atoms with E-state index >= 15 is 0 Å². The van der Waals surface area contributed by atoms with E-state index in [-0.39, 0.29) is 29.7 Å². The van der Waals surface area contributed by atoms with Crippen molar-refractivity contribution in [3.63, 3.8) is 0 Å². The molecule has 3 N–H and O–H groups in total. The monoisotopic (exact) mass is 410 g/mol. The lowest BCUT2D eigenvalue weighted by atomic mass is 10.2. The SMILES string of the molecule is Cc1ccc([N+](=O)[O-])cc1NC(=O)NCCNC(=O)c1ccc(Cl)c(Cl)c1. The molecule has 0 aromatic heterocycles. The molecule has 3 amide bonds. The maximum Gasteiger partial charge on any atom is 0.319 e. The number of non-ortho nitro benzene ring substituents is 1. The van der Waals surface area contributed by atoms with E-state index in [9.17, 15) is 19.7 Å². The number of hydrogen-bond acceptors (Lipinski definition) is 4. The fourth-order valence-corrected chi connectivity index (χ4v) is 2.41. The molecule has 2 rings (SSSR count). The summed E-state index contributed by atoms with van der Waals surface area (Å²) < 4.78 is 0. The van der Waals surface area contributed by atoms with Gasteiger partial charge in [-0.15, -0.1) is 0 Å². The third kappa shape index (κ3) is 5.83. The molecule has 0 aliphatic carbocycles. The fourth-order valence-electron chi connectivity index (χ4n) is 2.12. The molecule has 0 aliphatic heterocycles. The van der Waals surface area contributed by atoms with Crippen LogP contribution in [-0.2, 0) is 0 Å². The van der Waals surface area contributed by atoms with Crippen LogP contribution in [0.25, 0.3) is 0 Å². The van der Waals surface area contributed by atoms with Crippen molar-refractivity contribution >= 4 is 46.5 Å². The summed E-state index contributed by atoms with van der Waals surface area (Å²) in [5.41, 5.74) is 1.25. The van der Waals surface area contributed by atoms with Crippen molar-refractivity contribution in [3.05, 3.63) is 67.7 Å². The molecule has 0 heterocycles. The minimum atomic E-state index is -0.541. The molecule has 0 spiro atoms. The van der Waals surface area contributed by atoms with E-state index in [2.05, 4.69) is 16.0 Å². The second-order valence-corrected chi connectivity index (χ2v) is 6.34. The zero-order valence-corrected chi connectivity index (χ0v) is 15.7. The van der Waals surface area contributed by atoms with Gasteiger partial charge in [-0.1, -0.05) is 29.3 Å². The minimum absolute atomic E-state index is 0.121. The lowest BCUT2D eigenvalue weighted by Crippen LogP contribution is -2.36. The molecule has 27 heavy (non-hydrogen) atoms. The minimum Gasteiger partial charge on any atom is -0.350 e. The van der Waals surface area contributed by atoms with E-state index in [1.54, 1.807) is 13.0 Å². The van der Waals surface area contributed by atoms with Crippen LogP contribution in [0, 0.1) is 17.0 Å². The van der Waals surface area contributed by atoms with Crippen LogP contribution in [-0.4, -0.2) is 30.0 Å². The standard InChI is InChI=1S/C17H16Cl2N4O4/c1-10-2-4-12(23(26)27)9-15(10)22-17(25)21-7-6-20-16(24)11-3-5-13(18)14(19)8-11/h2-5,8-9H,6-7H2,1H3,(H,20,24)(H2,21,22,25). The van der Waals surface area contributed by atoms with Gasteiger partial charge in [0.05, 0.1) is 20.7 Å². The van der Waals surface area contributed by atoms with Crippen LogP contribution in [0.3, 0.4) is 0 Å². The second kappa shape index (κ2) is 9.20. The third-order valence-electron chi connectivity index (χ3n) is 3.56. The Hall–Kier alpha value is -2.84. The van der Waals surface area contributed by atoms with E-state index < -0.39 is 11.0 Å². The molecular formula is C17H16Cl2N4O4. The Morgan fingerprint density at radius 3 is 2.41 bits per heavy atom. The van der Waals surface area contributed by atoms with Crippen LogP contribution in [0.4, 0.5) is 16.2 Å². The van der Waals surface area contributed by atoms with Crippen LogP contribution in [0.15, 0.2) is 36.4 Å². The number of nitrogens with one attached hydrogen (secondary N) is 3. The van der Waals surface area contributed by atoms with Crippen LogP contribution >= 0.6 is 23.2 Å². The highest BCUT2D eigenvalue weighted by atomic mass is 35.5. The fraction of sp³-hybridized carbons (Fsp3) is 0.176. The average Bonchev–Trinajstić information content (AvgIpc) is 2.62. The number of aryl methyl sites for hydroxylation is 1. The molecule has 0 fully saturated rings. The molecule has 2 aromatic rings. The maximum atomic E-state index is 12.0. The maximum absolute atomic E-state index is 12.0. The lowest BCUT2D eigenvalue weighted by molar-refractivity contribution is -0.384. The summed E-state index contributed by atoms with van der Waals surface area (Å²) in [5, 5.41) is 19.1. The number of nitro groups is 1. The number of benzene rings is 2. The van der Waals surface area contributed by atoms with E-state index in [1.165, 1.54) is 30.3 Å². The smallest absolute Gasteiger partial charge is 0.319 e. The number of nitro benzene ring substituents is 1. The molecule has 0 radical (unpaired) electrons. The van der Waals surface area contributed by atoms with Gasteiger partial charge in [0.2, 0.25) is 0 Å². The topological polar surface area (TPSA) is 113 Å². The van der Waals surface area contributed by atoms with Crippen LogP contribution < -0.4 is 16.0 Å². The van der Waals surface area contributed by atoms with Crippen molar-refractivity contribution in [2.24, 2.45) is 0 Å². The number of urea groups is 1. The molecule has 10 heteroatoms. The summed E-state index contributed by atoms with van der Waals surface area (Å²) >= 11 is 11.7. The van der Waals surface area contributed by atoms with Gasteiger partial charge < -0.3 is 16.0 Å². The third-order valence-corrected chi connectivity index (χ3v) is 4.30. The van der Waals surface area contributed by atoms with Crippen molar-refractivity contribution in [3.8, 4) is 0 Å². The Bertz CT molecular complexity index is 889. The van der Waals surface area contributed by atoms with Gasteiger partial charge in [-0.3, -0.25) is 14.9 Å². The Morgan fingerprint density at radius 2 is 1.74 bits per heavy atom. The van der Waals surface area contributed by atoms with E-state index in [4.69, 9.17) is 23.2 Å². The van der Waals surface area contributed by atoms with Gasteiger partial charge in [0.25, 0.3) is 11.6 Å². The number of amides is 3. The van der Waals surface area contributed by atoms with Crippen LogP contribution in [0.1, 0.15) is 15.9 Å². The second-order valence-electron chi connectivity index (χ2n) is 5.52. The highest BCUT2D eigenvalue weighted by Gasteiger charge is 2.11. The van der Waals surface area contributed by atoms with Gasteiger partial charge in [-0.25, -0.2) is 4.79 Å². The summed E-state index contributed by atoms with van der Waals surface area (Å²) in [6.45, 7) is 2.06. The van der Waals surface area contributed by atoms with Crippen molar-refractivity contribution in [2.45, 2.75) is 6.92 Å². The molecule has 0 saturated carbocycles. The Kier molecular flexibility index (Phi) is 6.98. The summed E-state index contributed by atoms with van der Waals surface area (Å²) in [6, 6.07) is 8.15. The Balaban J connectivity index is 1.81. The number of carbonyl (C=O) groups is 2. The van der Waals surface area contributed by atoms with E-state index in [0.717, 1.165) is 0 Å². The van der Waals surface area contributed by atoms with Crippen LogP contribution in [0.5, 0.6) is 0 Å². The lowest BCUT2D eigenvalue weighted by Gasteiger charge is -2.10. The molecule has 0 aliphatic rings. The molecule has 0 saturated heterocycles. The first-order valence-corrected chi connectivity index (χ1v) is 8.56. The first kappa shape index (κ1) is 20.5. The van der Waals surface area contributed by atoms with Gasteiger partial charge >= 0.3 is 6.03 Å². The van der Waals surface area contributed by atoms with Crippen molar-refractivity contribution < 1.29 is 14.5 Å². The van der Waals surface area contributed by atoms with Gasteiger partial charge in [-0.05, 0) is 30.7 Å². The normalized spacial score (nSPS) is 10.2. The molecule has 8 nitrogen and oxygen atoms in total. The molecule has 0 unspecified atom stereocenters. The van der Waals surface area contributed by atoms with Gasteiger partial charge in [0.1, 0.15) is 0 Å². The first-order chi connectivity index (χ1) is 12.8. The summed E-state index contributed by atoms with van der Waals surface area (Å²) in [4.78, 5) is 34.2. The van der Waals surface area contributed by atoms with Gasteiger partial charge in [-0.2, -0.15) is 0 Å². The largest absolute Gasteiger partial charge is 0.350 e. The number of anilines is 1. The predicted octanol–water partition coefficient (Wildman–Crippen LogP) is 3.76. The highest BCUT2D eigenvalue weighted by Crippen LogP contribution is 2.23. The average molecular weight is 411 g/mol. The van der Waals surface area contributed by atoms with E-state index in [1.807, 2.05) is 0 Å². The number of rotatable bonds is 6. The van der Waals surface area contributed by atoms with Gasteiger partial charge in [0.15, 0.2) is 0 Å². The number of hydrogen-bond donors (Lipinski definition) is 3. The number of nitrogens with zero attached hydrogens (tertiary/aromatic N) is 1. The van der Waals surface area contributed by atoms with Crippen molar-refractivity contribution in [1.29, 1.82) is 0 Å². The first-order valence-electron chi connectivity index (χ1n) is 7.81. The van der Waals surface area contributed by atoms with E-state index in [0.29, 0.717) is 21.8 Å². The van der Waals surface area contributed by atoms with Gasteiger partial charge in [0, 0.05) is 30.8 Å². The summed E-state index contributed by atoms with van der Waals surface area (Å²) in [6.07, 6.45) is 0. The highest BCUT2D eigenvalue weighted by molar-refractivity contribution is 6.42. The Morgan fingerprint density at radius 1 is 1.04 bits per heavy atom.